The summed E-state index contributed by atoms with van der Waals surface area (Å²) in [7, 11) is 1.93. The van der Waals surface area contributed by atoms with Crippen LogP contribution in [0.3, 0.4) is 0 Å². The molecule has 2 rings (SSSR count). The lowest BCUT2D eigenvalue weighted by Gasteiger charge is -2.43. The fraction of sp³-hybridized carbons (Fsp3) is 0.684. The molecule has 0 amide bonds. The van der Waals surface area contributed by atoms with Gasteiger partial charge in [0.1, 0.15) is 0 Å². The smallest absolute Gasteiger partial charge is 0.0945 e. The minimum absolute atomic E-state index is 0.118. The van der Waals surface area contributed by atoms with Gasteiger partial charge in [0, 0.05) is 26.3 Å². The summed E-state index contributed by atoms with van der Waals surface area (Å²) in [5.41, 5.74) is 1.09. The highest BCUT2D eigenvalue weighted by atomic mass is 32.1. The van der Waals surface area contributed by atoms with Crippen molar-refractivity contribution in [3.8, 4) is 0 Å². The van der Waals surface area contributed by atoms with Gasteiger partial charge in [-0.3, -0.25) is 14.8 Å². The Labute approximate surface area is 157 Å². The third kappa shape index (κ3) is 5.45. The third-order valence-corrected chi connectivity index (χ3v) is 5.10. The molecular weight excluding hydrogens is 332 g/mol. The number of thiocarbonyl (C=S) groups is 1. The van der Waals surface area contributed by atoms with Crippen LogP contribution in [0.1, 0.15) is 38.4 Å². The number of rotatable bonds is 9. The zero-order valence-electron chi connectivity index (χ0n) is 15.8. The number of nitrogens with zero attached hydrogens (tertiary/aromatic N) is 3. The molecule has 140 valence electrons. The normalized spacial score (nSPS) is 18.1. The topological polar surface area (TPSA) is 40.6 Å². The lowest BCUT2D eigenvalue weighted by atomic mass is 9.98. The van der Waals surface area contributed by atoms with E-state index in [0.717, 1.165) is 62.9 Å². The van der Waals surface area contributed by atoms with Crippen LogP contribution in [0.4, 0.5) is 0 Å². The Balaban J connectivity index is 2.41. The van der Waals surface area contributed by atoms with Crippen molar-refractivity contribution in [3.63, 3.8) is 0 Å². The average Bonchev–Trinajstić information content (AvgIpc) is 2.67. The molecule has 0 spiro atoms. The van der Waals surface area contributed by atoms with Gasteiger partial charge in [-0.25, -0.2) is 0 Å². The number of likely N-dealkylation sites (N-methyl/N-ethyl adjacent to an activating group) is 1. The lowest BCUT2D eigenvalue weighted by molar-refractivity contribution is -0.00116. The maximum atomic E-state index is 5.79. The third-order valence-electron chi connectivity index (χ3n) is 4.66. The highest BCUT2D eigenvalue weighted by molar-refractivity contribution is 7.80. The van der Waals surface area contributed by atoms with Crippen molar-refractivity contribution in [2.24, 2.45) is 0 Å². The van der Waals surface area contributed by atoms with E-state index < -0.39 is 0 Å². The minimum atomic E-state index is 0.118. The van der Waals surface area contributed by atoms with Crippen molar-refractivity contribution in [3.05, 3.63) is 30.1 Å². The number of hydrogen-bond acceptors (Lipinski definition) is 5. The van der Waals surface area contributed by atoms with Crippen molar-refractivity contribution in [2.75, 3.05) is 46.4 Å². The molecule has 25 heavy (non-hydrogen) atoms. The molecule has 0 bridgehead atoms. The lowest BCUT2D eigenvalue weighted by Crippen LogP contribution is -2.55. The second-order valence-electron chi connectivity index (χ2n) is 6.44. The highest BCUT2D eigenvalue weighted by Crippen LogP contribution is 2.28. The van der Waals surface area contributed by atoms with Crippen LogP contribution < -0.4 is 5.32 Å². The molecule has 2 heterocycles. The maximum Gasteiger partial charge on any atom is 0.0945 e. The number of hydrogen-bond donors (Lipinski definition) is 1. The first-order chi connectivity index (χ1) is 12.2. The summed E-state index contributed by atoms with van der Waals surface area (Å²) < 4.78 is 5.58. The molecule has 0 radical (unpaired) electrons. The molecule has 1 aliphatic heterocycles. The van der Waals surface area contributed by atoms with Crippen LogP contribution in [-0.4, -0.2) is 72.3 Å². The van der Waals surface area contributed by atoms with Crippen LogP contribution in [0.2, 0.25) is 0 Å². The van der Waals surface area contributed by atoms with Crippen molar-refractivity contribution in [1.29, 1.82) is 0 Å². The summed E-state index contributed by atoms with van der Waals surface area (Å²) in [6, 6.07) is 6.43. The van der Waals surface area contributed by atoms with Gasteiger partial charge in [0.2, 0.25) is 0 Å². The van der Waals surface area contributed by atoms with Crippen molar-refractivity contribution in [1.82, 2.24) is 20.1 Å². The Morgan fingerprint density at radius 1 is 1.28 bits per heavy atom. The van der Waals surface area contributed by atoms with E-state index >= 15 is 0 Å². The molecular formula is C19H32N4OS. The van der Waals surface area contributed by atoms with Gasteiger partial charge in [0.15, 0.2) is 0 Å². The van der Waals surface area contributed by atoms with E-state index in [-0.39, 0.29) is 12.1 Å². The number of morpholine rings is 1. The molecule has 1 aromatic rings. The summed E-state index contributed by atoms with van der Waals surface area (Å²) in [6.07, 6.45) is 4.11. The molecule has 0 aliphatic carbocycles. The molecule has 1 N–H and O–H groups in total. The van der Waals surface area contributed by atoms with Crippen molar-refractivity contribution in [2.45, 2.75) is 38.8 Å². The van der Waals surface area contributed by atoms with Gasteiger partial charge in [-0.2, -0.15) is 0 Å². The van der Waals surface area contributed by atoms with Crippen molar-refractivity contribution < 1.29 is 4.74 Å². The van der Waals surface area contributed by atoms with E-state index in [1.54, 1.807) is 0 Å². The van der Waals surface area contributed by atoms with E-state index in [9.17, 15) is 0 Å². The van der Waals surface area contributed by atoms with Crippen LogP contribution in [0.25, 0.3) is 0 Å². The summed E-state index contributed by atoms with van der Waals surface area (Å²) in [5.74, 6) is 0. The minimum Gasteiger partial charge on any atom is -0.381 e. The Bertz CT molecular complexity index is 501. The van der Waals surface area contributed by atoms with Gasteiger partial charge in [-0.05, 0) is 38.1 Å². The zero-order chi connectivity index (χ0) is 18.1. The first kappa shape index (κ1) is 20.2. The average molecular weight is 365 g/mol. The summed E-state index contributed by atoms with van der Waals surface area (Å²) >= 11 is 5.79. The van der Waals surface area contributed by atoms with E-state index in [0.29, 0.717) is 0 Å². The Morgan fingerprint density at radius 3 is 2.48 bits per heavy atom. The molecule has 1 aromatic heterocycles. The SMILES string of the molecule is CCCN(CCC)C(C(=S)NC)C(c1ccccn1)N1CCOCC1. The van der Waals surface area contributed by atoms with Gasteiger partial charge in [-0.1, -0.05) is 32.1 Å². The predicted octanol–water partition coefficient (Wildman–Crippen LogP) is 2.49. The molecule has 1 aliphatic rings. The Morgan fingerprint density at radius 2 is 1.96 bits per heavy atom. The Hall–Kier alpha value is -1.08. The van der Waals surface area contributed by atoms with E-state index in [4.69, 9.17) is 21.9 Å². The number of aromatic nitrogens is 1. The van der Waals surface area contributed by atoms with Crippen LogP contribution in [0, 0.1) is 0 Å². The van der Waals surface area contributed by atoms with Crippen LogP contribution in [0.5, 0.6) is 0 Å². The monoisotopic (exact) mass is 364 g/mol. The summed E-state index contributed by atoms with van der Waals surface area (Å²) in [5, 5.41) is 3.26. The molecule has 0 aromatic carbocycles. The summed E-state index contributed by atoms with van der Waals surface area (Å²) in [6.45, 7) is 9.89. The summed E-state index contributed by atoms with van der Waals surface area (Å²) in [4.78, 5) is 10.6. The highest BCUT2D eigenvalue weighted by Gasteiger charge is 2.36. The number of ether oxygens (including phenoxy) is 1. The van der Waals surface area contributed by atoms with E-state index in [2.05, 4.69) is 41.1 Å². The Kier molecular flexibility index (Phi) is 8.75. The van der Waals surface area contributed by atoms with Gasteiger partial charge < -0.3 is 10.1 Å². The largest absolute Gasteiger partial charge is 0.381 e. The van der Waals surface area contributed by atoms with E-state index in [1.165, 1.54) is 0 Å². The number of pyridine rings is 1. The predicted molar refractivity (Wildman–Crippen MR) is 107 cm³/mol. The molecule has 0 saturated carbocycles. The fourth-order valence-electron chi connectivity index (χ4n) is 3.58. The van der Waals surface area contributed by atoms with Crippen LogP contribution in [-0.2, 0) is 4.74 Å². The van der Waals surface area contributed by atoms with Crippen LogP contribution >= 0.6 is 12.2 Å². The van der Waals surface area contributed by atoms with Crippen molar-refractivity contribution >= 4 is 17.2 Å². The van der Waals surface area contributed by atoms with Gasteiger partial charge in [0.05, 0.1) is 36.0 Å². The quantitative estimate of drug-likeness (QED) is 0.679. The molecule has 2 unspecified atom stereocenters. The van der Waals surface area contributed by atoms with Gasteiger partial charge >= 0.3 is 0 Å². The molecule has 1 fully saturated rings. The first-order valence-corrected chi connectivity index (χ1v) is 9.82. The fourth-order valence-corrected chi connectivity index (χ4v) is 3.85. The second kappa shape index (κ2) is 10.8. The van der Waals surface area contributed by atoms with Gasteiger partial charge in [0.25, 0.3) is 0 Å². The number of nitrogens with one attached hydrogen (secondary N) is 1. The maximum absolute atomic E-state index is 5.79. The van der Waals surface area contributed by atoms with Gasteiger partial charge in [-0.15, -0.1) is 0 Å². The first-order valence-electron chi connectivity index (χ1n) is 9.41. The molecule has 1 saturated heterocycles. The zero-order valence-corrected chi connectivity index (χ0v) is 16.6. The second-order valence-corrected chi connectivity index (χ2v) is 6.88. The molecule has 2 atom stereocenters. The molecule has 5 nitrogen and oxygen atoms in total. The molecule has 6 heteroatoms. The van der Waals surface area contributed by atoms with Crippen LogP contribution in [0.15, 0.2) is 24.4 Å². The standard InChI is InChI=1S/C19H32N4OS/c1-4-10-22(11-5-2)18(19(25)20-3)17(16-8-6-7-9-21-16)23-12-14-24-15-13-23/h6-9,17-18H,4-5,10-15H2,1-3H3,(H,20,25). The van der Waals surface area contributed by atoms with E-state index in [1.807, 2.05) is 19.3 Å².